The fraction of sp³-hybridized carbons (Fsp3) is 0.118. The van der Waals surface area contributed by atoms with E-state index in [1.807, 2.05) is 62.5 Å². The Morgan fingerprint density at radius 3 is 2.40 bits per heavy atom. The van der Waals surface area contributed by atoms with Crippen molar-refractivity contribution in [1.82, 2.24) is 4.57 Å². The molecule has 0 aliphatic rings. The summed E-state index contributed by atoms with van der Waals surface area (Å²) in [6.45, 7) is 2.04. The van der Waals surface area contributed by atoms with Crippen LogP contribution in [0, 0.1) is 6.92 Å². The summed E-state index contributed by atoms with van der Waals surface area (Å²) >= 11 is 3.48. The molecule has 0 amide bonds. The van der Waals surface area contributed by atoms with E-state index >= 15 is 0 Å². The second-order valence-corrected chi connectivity index (χ2v) is 5.91. The zero-order valence-corrected chi connectivity index (χ0v) is 12.9. The van der Waals surface area contributed by atoms with Crippen molar-refractivity contribution in [3.63, 3.8) is 0 Å². The van der Waals surface area contributed by atoms with Gasteiger partial charge in [-0.15, -0.1) is 0 Å². The lowest BCUT2D eigenvalue weighted by molar-refractivity contribution is 0.908. The van der Waals surface area contributed by atoms with Crippen LogP contribution in [0.15, 0.2) is 57.8 Å². The number of halogens is 1. The van der Waals surface area contributed by atoms with Crippen molar-refractivity contribution < 1.29 is 0 Å². The van der Waals surface area contributed by atoms with Crippen molar-refractivity contribution in [1.29, 1.82) is 0 Å². The molecule has 0 radical (unpaired) electrons. The molecule has 3 heteroatoms. The second kappa shape index (κ2) is 4.91. The lowest BCUT2D eigenvalue weighted by Crippen LogP contribution is -2.18. The van der Waals surface area contributed by atoms with E-state index < -0.39 is 0 Å². The predicted molar refractivity (Wildman–Crippen MR) is 87.1 cm³/mol. The summed E-state index contributed by atoms with van der Waals surface area (Å²) in [6.07, 6.45) is 0. The molecule has 0 aliphatic carbocycles. The largest absolute Gasteiger partial charge is 0.311 e. The Labute approximate surface area is 125 Å². The molecule has 0 atom stereocenters. The average Bonchev–Trinajstić information content (AvgIpc) is 2.44. The van der Waals surface area contributed by atoms with E-state index in [1.54, 1.807) is 4.57 Å². The highest BCUT2D eigenvalue weighted by Crippen LogP contribution is 2.23. The van der Waals surface area contributed by atoms with E-state index in [2.05, 4.69) is 15.9 Å². The Balaban J connectivity index is 2.33. The third-order valence-electron chi connectivity index (χ3n) is 3.55. The minimum atomic E-state index is 0.0312. The maximum atomic E-state index is 12.5. The molecule has 2 nitrogen and oxygen atoms in total. The Morgan fingerprint density at radius 1 is 1.00 bits per heavy atom. The summed E-state index contributed by atoms with van der Waals surface area (Å²) in [6, 6.07) is 16.0. The Morgan fingerprint density at radius 2 is 1.70 bits per heavy atom. The topological polar surface area (TPSA) is 22.0 Å². The van der Waals surface area contributed by atoms with Gasteiger partial charge in [0.15, 0.2) is 0 Å². The van der Waals surface area contributed by atoms with E-state index in [1.165, 1.54) is 5.56 Å². The van der Waals surface area contributed by atoms with Gasteiger partial charge in [-0.25, -0.2) is 0 Å². The molecule has 2 aromatic carbocycles. The fourth-order valence-corrected chi connectivity index (χ4v) is 2.77. The van der Waals surface area contributed by atoms with Gasteiger partial charge < -0.3 is 4.57 Å². The van der Waals surface area contributed by atoms with Gasteiger partial charge in [0, 0.05) is 22.5 Å². The smallest absolute Gasteiger partial charge is 0.258 e. The maximum absolute atomic E-state index is 12.5. The monoisotopic (exact) mass is 327 g/mol. The minimum absolute atomic E-state index is 0.0312. The molecule has 20 heavy (non-hydrogen) atoms. The first-order chi connectivity index (χ1) is 9.56. The number of hydrogen-bond acceptors (Lipinski definition) is 1. The number of rotatable bonds is 1. The fourth-order valence-electron chi connectivity index (χ4n) is 2.39. The average molecular weight is 328 g/mol. The Hall–Kier alpha value is -1.87. The van der Waals surface area contributed by atoms with E-state index in [4.69, 9.17) is 0 Å². The van der Waals surface area contributed by atoms with Crippen molar-refractivity contribution in [2.24, 2.45) is 7.05 Å². The molecule has 0 bridgehead atoms. The number of hydrogen-bond donors (Lipinski definition) is 0. The quantitative estimate of drug-likeness (QED) is 0.654. The van der Waals surface area contributed by atoms with Crippen molar-refractivity contribution in [3.8, 4) is 11.1 Å². The van der Waals surface area contributed by atoms with E-state index in [9.17, 15) is 4.79 Å². The van der Waals surface area contributed by atoms with Crippen LogP contribution in [0.2, 0.25) is 0 Å². The number of fused-ring (bicyclic) bond motifs is 1. The van der Waals surface area contributed by atoms with E-state index in [-0.39, 0.29) is 5.56 Å². The maximum Gasteiger partial charge on any atom is 0.258 e. The van der Waals surface area contributed by atoms with Crippen LogP contribution in [0.1, 0.15) is 5.56 Å². The standard InChI is InChI=1S/C17H14BrNO/c1-11-3-5-12(6-4-11)15-10-13-9-14(18)7-8-16(13)19(2)17(15)20/h3-10H,1-2H3. The SMILES string of the molecule is Cc1ccc(-c2cc3cc(Br)ccc3n(C)c2=O)cc1. The van der Waals surface area contributed by atoms with Crippen LogP contribution >= 0.6 is 15.9 Å². The van der Waals surface area contributed by atoms with Crippen molar-refractivity contribution in [2.45, 2.75) is 6.92 Å². The lowest BCUT2D eigenvalue weighted by atomic mass is 10.0. The van der Waals surface area contributed by atoms with Crippen LogP contribution in [0.25, 0.3) is 22.0 Å². The molecule has 0 N–H and O–H groups in total. The van der Waals surface area contributed by atoms with Crippen molar-refractivity contribution in [2.75, 3.05) is 0 Å². The molecule has 0 saturated heterocycles. The van der Waals surface area contributed by atoms with Gasteiger partial charge in [-0.1, -0.05) is 45.8 Å². The van der Waals surface area contributed by atoms with Crippen LogP contribution in [-0.4, -0.2) is 4.57 Å². The molecule has 0 spiro atoms. The summed E-state index contributed by atoms with van der Waals surface area (Å²) in [7, 11) is 1.82. The van der Waals surface area contributed by atoms with Gasteiger partial charge >= 0.3 is 0 Å². The predicted octanol–water partition coefficient (Wildman–Crippen LogP) is 4.28. The minimum Gasteiger partial charge on any atom is -0.311 e. The zero-order chi connectivity index (χ0) is 14.3. The molecule has 0 aliphatic heterocycles. The Kier molecular flexibility index (Phi) is 3.22. The normalized spacial score (nSPS) is 10.9. The molecule has 3 aromatic rings. The summed E-state index contributed by atoms with van der Waals surface area (Å²) in [5.74, 6) is 0. The van der Waals surface area contributed by atoms with Crippen molar-refractivity contribution >= 4 is 26.8 Å². The van der Waals surface area contributed by atoms with Crippen molar-refractivity contribution in [3.05, 3.63) is 68.9 Å². The third kappa shape index (κ3) is 2.18. The molecule has 3 rings (SSSR count). The number of aromatic nitrogens is 1. The molecule has 100 valence electrons. The number of aryl methyl sites for hydroxylation is 2. The summed E-state index contributed by atoms with van der Waals surface area (Å²) < 4.78 is 2.72. The molecule has 0 fully saturated rings. The molecule has 1 aromatic heterocycles. The molecule has 0 unspecified atom stereocenters. The first-order valence-electron chi connectivity index (χ1n) is 6.42. The second-order valence-electron chi connectivity index (χ2n) is 4.99. The van der Waals surface area contributed by atoms with Crippen LogP contribution in [0.4, 0.5) is 0 Å². The summed E-state index contributed by atoms with van der Waals surface area (Å²) in [4.78, 5) is 12.5. The van der Waals surface area contributed by atoms with Crippen LogP contribution < -0.4 is 5.56 Å². The van der Waals surface area contributed by atoms with Gasteiger partial charge in [0.25, 0.3) is 5.56 Å². The van der Waals surface area contributed by atoms with Gasteiger partial charge in [-0.05, 0) is 36.8 Å². The highest BCUT2D eigenvalue weighted by molar-refractivity contribution is 9.10. The van der Waals surface area contributed by atoms with Crippen LogP contribution in [0.5, 0.6) is 0 Å². The number of nitrogens with zero attached hydrogens (tertiary/aromatic N) is 1. The van der Waals surface area contributed by atoms with Crippen LogP contribution in [-0.2, 0) is 7.05 Å². The van der Waals surface area contributed by atoms with Gasteiger partial charge in [-0.2, -0.15) is 0 Å². The van der Waals surface area contributed by atoms with Gasteiger partial charge in [0.2, 0.25) is 0 Å². The third-order valence-corrected chi connectivity index (χ3v) is 4.04. The van der Waals surface area contributed by atoms with Crippen LogP contribution in [0.3, 0.4) is 0 Å². The van der Waals surface area contributed by atoms with E-state index in [0.717, 1.165) is 26.5 Å². The summed E-state index contributed by atoms with van der Waals surface area (Å²) in [5, 5.41) is 1.05. The number of pyridine rings is 1. The lowest BCUT2D eigenvalue weighted by Gasteiger charge is -2.09. The number of benzene rings is 2. The van der Waals surface area contributed by atoms with E-state index in [0.29, 0.717) is 0 Å². The molecule has 0 saturated carbocycles. The highest BCUT2D eigenvalue weighted by Gasteiger charge is 2.08. The first-order valence-corrected chi connectivity index (χ1v) is 7.22. The molecular formula is C17H14BrNO. The molecule has 1 heterocycles. The summed E-state index contributed by atoms with van der Waals surface area (Å²) in [5.41, 5.74) is 3.85. The zero-order valence-electron chi connectivity index (χ0n) is 11.4. The van der Waals surface area contributed by atoms with Gasteiger partial charge in [-0.3, -0.25) is 4.79 Å². The first kappa shape index (κ1) is 13.1. The highest BCUT2D eigenvalue weighted by atomic mass is 79.9. The molecular weight excluding hydrogens is 314 g/mol. The van der Waals surface area contributed by atoms with Gasteiger partial charge in [0.05, 0.1) is 5.52 Å². The Bertz CT molecular complexity index is 847. The van der Waals surface area contributed by atoms with Gasteiger partial charge in [0.1, 0.15) is 0 Å².